The number of anilines is 1. The molecule has 0 fully saturated rings. The zero-order valence-corrected chi connectivity index (χ0v) is 22.0. The van der Waals surface area contributed by atoms with Gasteiger partial charge < -0.3 is 4.74 Å². The molecule has 5 rings (SSSR count). The minimum Gasteiger partial charge on any atom is -0.435 e. The van der Waals surface area contributed by atoms with Crippen molar-refractivity contribution in [3.05, 3.63) is 58.9 Å². The van der Waals surface area contributed by atoms with Crippen LogP contribution in [0.15, 0.2) is 41.9 Å². The number of nitrogens with zero attached hydrogens (tertiary/aromatic N) is 6. The number of aryl methyl sites for hydroxylation is 3. The third-order valence-electron chi connectivity index (χ3n) is 6.17. The Bertz CT molecular complexity index is 1620. The number of aromatic nitrogens is 6. The predicted octanol–water partition coefficient (Wildman–Crippen LogP) is 5.84. The van der Waals surface area contributed by atoms with Crippen LogP contribution in [0.3, 0.4) is 0 Å². The Hall–Kier alpha value is -4.19. The summed E-state index contributed by atoms with van der Waals surface area (Å²) in [5.41, 5.74) is 5.51. The standard InChI is InChI=1S/C26H25F2N7O2S/c1-5-10-35-23-22(14(2)33-35)18(11-20(30-23)19-12-29-34(4)15(19)3)24(36)32-26-31-21(13-38-26)16-6-8-17(9-7-16)37-25(27)28/h6-9,11-13,25H,5,10H2,1-4H3,(H,31,32,36). The summed E-state index contributed by atoms with van der Waals surface area (Å²) in [5, 5.41) is 14.8. The molecule has 9 nitrogen and oxygen atoms in total. The summed E-state index contributed by atoms with van der Waals surface area (Å²) in [7, 11) is 1.86. The Kier molecular flexibility index (Phi) is 6.89. The van der Waals surface area contributed by atoms with E-state index in [0.717, 1.165) is 17.7 Å². The van der Waals surface area contributed by atoms with Crippen molar-refractivity contribution in [2.75, 3.05) is 5.32 Å². The highest BCUT2D eigenvalue weighted by molar-refractivity contribution is 7.14. The van der Waals surface area contributed by atoms with Crippen molar-refractivity contribution in [1.82, 2.24) is 29.5 Å². The first-order valence-electron chi connectivity index (χ1n) is 11.9. The summed E-state index contributed by atoms with van der Waals surface area (Å²) in [5.74, 6) is -0.270. The molecule has 0 atom stereocenters. The van der Waals surface area contributed by atoms with Gasteiger partial charge in [0.1, 0.15) is 5.75 Å². The number of thiazole rings is 1. The summed E-state index contributed by atoms with van der Waals surface area (Å²) in [6.45, 7) is 3.66. The smallest absolute Gasteiger partial charge is 0.387 e. The second kappa shape index (κ2) is 10.3. The van der Waals surface area contributed by atoms with E-state index >= 15 is 0 Å². The molecular weight excluding hydrogens is 512 g/mol. The van der Waals surface area contributed by atoms with Crippen molar-refractivity contribution < 1.29 is 18.3 Å². The first kappa shape index (κ1) is 25.5. The Morgan fingerprint density at radius 2 is 1.92 bits per heavy atom. The lowest BCUT2D eigenvalue weighted by molar-refractivity contribution is -0.0498. The van der Waals surface area contributed by atoms with Crippen LogP contribution in [0.25, 0.3) is 33.5 Å². The molecule has 5 aromatic rings. The topological polar surface area (TPSA) is 99.8 Å². The maximum absolute atomic E-state index is 13.6. The zero-order chi connectivity index (χ0) is 27.0. The van der Waals surface area contributed by atoms with Gasteiger partial charge in [-0.15, -0.1) is 11.3 Å². The van der Waals surface area contributed by atoms with Gasteiger partial charge >= 0.3 is 6.61 Å². The first-order chi connectivity index (χ1) is 18.2. The number of carbonyl (C=O) groups is 1. The van der Waals surface area contributed by atoms with Crippen molar-refractivity contribution in [1.29, 1.82) is 0 Å². The highest BCUT2D eigenvalue weighted by Gasteiger charge is 2.22. The minimum atomic E-state index is -2.89. The van der Waals surface area contributed by atoms with E-state index in [1.807, 2.05) is 25.6 Å². The number of nitrogens with one attached hydrogen (secondary N) is 1. The van der Waals surface area contributed by atoms with E-state index in [1.165, 1.54) is 23.5 Å². The molecule has 38 heavy (non-hydrogen) atoms. The molecule has 0 spiro atoms. The molecule has 196 valence electrons. The monoisotopic (exact) mass is 537 g/mol. The zero-order valence-electron chi connectivity index (χ0n) is 21.2. The molecule has 0 aliphatic heterocycles. The molecule has 4 heterocycles. The number of halogens is 2. The van der Waals surface area contributed by atoms with Crippen LogP contribution in [-0.2, 0) is 13.6 Å². The maximum atomic E-state index is 13.6. The number of rotatable bonds is 8. The normalized spacial score (nSPS) is 11.4. The lowest BCUT2D eigenvalue weighted by Gasteiger charge is -2.09. The van der Waals surface area contributed by atoms with Crippen molar-refractivity contribution >= 4 is 33.4 Å². The Morgan fingerprint density at radius 3 is 2.58 bits per heavy atom. The second-order valence-electron chi connectivity index (χ2n) is 8.72. The van der Waals surface area contributed by atoms with Crippen LogP contribution in [0, 0.1) is 13.8 Å². The van der Waals surface area contributed by atoms with E-state index in [1.54, 1.807) is 34.5 Å². The number of amides is 1. The number of carbonyl (C=O) groups excluding carboxylic acids is 1. The Morgan fingerprint density at radius 1 is 1.16 bits per heavy atom. The quantitative estimate of drug-likeness (QED) is 0.267. The van der Waals surface area contributed by atoms with Crippen molar-refractivity contribution in [2.24, 2.45) is 7.05 Å². The van der Waals surface area contributed by atoms with Gasteiger partial charge in [0.05, 0.1) is 34.2 Å². The number of hydrogen-bond donors (Lipinski definition) is 1. The van der Waals surface area contributed by atoms with Crippen LogP contribution in [0.2, 0.25) is 0 Å². The fourth-order valence-electron chi connectivity index (χ4n) is 4.22. The summed E-state index contributed by atoms with van der Waals surface area (Å²) in [4.78, 5) is 23.0. The lowest BCUT2D eigenvalue weighted by atomic mass is 10.1. The van der Waals surface area contributed by atoms with Gasteiger partial charge in [0.2, 0.25) is 0 Å². The van der Waals surface area contributed by atoms with Gasteiger partial charge in [0, 0.05) is 35.8 Å². The summed E-state index contributed by atoms with van der Waals surface area (Å²) in [6, 6.07) is 7.94. The fourth-order valence-corrected chi connectivity index (χ4v) is 4.94. The number of hydrogen-bond acceptors (Lipinski definition) is 7. The number of alkyl halides is 2. The second-order valence-corrected chi connectivity index (χ2v) is 9.58. The SMILES string of the molecule is CCCn1nc(C)c2c(C(=O)Nc3nc(-c4ccc(OC(F)F)cc4)cs3)cc(-c3cnn(C)c3C)nc21. The van der Waals surface area contributed by atoms with E-state index in [-0.39, 0.29) is 11.7 Å². The summed E-state index contributed by atoms with van der Waals surface area (Å²) < 4.78 is 32.8. The molecule has 0 aliphatic carbocycles. The van der Waals surface area contributed by atoms with Gasteiger partial charge in [-0.1, -0.05) is 6.92 Å². The third kappa shape index (κ3) is 4.86. The van der Waals surface area contributed by atoms with Crippen LogP contribution in [0.5, 0.6) is 5.75 Å². The fraction of sp³-hybridized carbons (Fsp3) is 0.269. The van der Waals surface area contributed by atoms with Crippen LogP contribution >= 0.6 is 11.3 Å². The van der Waals surface area contributed by atoms with E-state index in [9.17, 15) is 13.6 Å². The van der Waals surface area contributed by atoms with E-state index in [0.29, 0.717) is 50.9 Å². The molecule has 12 heteroatoms. The average molecular weight is 538 g/mol. The molecule has 1 amide bonds. The van der Waals surface area contributed by atoms with E-state index < -0.39 is 6.61 Å². The average Bonchev–Trinajstić information content (AvgIpc) is 3.57. The Labute approximate surface area is 221 Å². The van der Waals surface area contributed by atoms with E-state index in [2.05, 4.69) is 32.2 Å². The minimum absolute atomic E-state index is 0.0628. The van der Waals surface area contributed by atoms with Gasteiger partial charge in [0.15, 0.2) is 10.8 Å². The number of benzene rings is 1. The molecule has 0 aliphatic rings. The number of fused-ring (bicyclic) bond motifs is 1. The van der Waals surface area contributed by atoms with Crippen LogP contribution in [0.1, 0.15) is 35.1 Å². The van der Waals surface area contributed by atoms with Gasteiger partial charge in [-0.05, 0) is 50.6 Å². The van der Waals surface area contributed by atoms with Crippen LogP contribution < -0.4 is 10.1 Å². The largest absolute Gasteiger partial charge is 0.435 e. The van der Waals surface area contributed by atoms with Gasteiger partial charge in [-0.3, -0.25) is 14.8 Å². The lowest BCUT2D eigenvalue weighted by Crippen LogP contribution is -2.13. The molecule has 0 saturated carbocycles. The predicted molar refractivity (Wildman–Crippen MR) is 142 cm³/mol. The van der Waals surface area contributed by atoms with Gasteiger partial charge in [0.25, 0.3) is 5.91 Å². The van der Waals surface area contributed by atoms with Crippen molar-refractivity contribution in [2.45, 2.75) is 40.3 Å². The highest BCUT2D eigenvalue weighted by Crippen LogP contribution is 2.31. The maximum Gasteiger partial charge on any atom is 0.387 e. The molecule has 0 radical (unpaired) electrons. The third-order valence-corrected chi connectivity index (χ3v) is 6.93. The molecule has 0 bridgehead atoms. The van der Waals surface area contributed by atoms with Crippen LogP contribution in [0.4, 0.5) is 13.9 Å². The van der Waals surface area contributed by atoms with Crippen LogP contribution in [-0.4, -0.2) is 42.0 Å². The Balaban J connectivity index is 1.49. The number of ether oxygens (including phenoxy) is 1. The molecule has 1 N–H and O–H groups in total. The highest BCUT2D eigenvalue weighted by atomic mass is 32.1. The summed E-state index contributed by atoms with van der Waals surface area (Å²) in [6.07, 6.45) is 2.61. The molecule has 0 unspecified atom stereocenters. The first-order valence-corrected chi connectivity index (χ1v) is 12.8. The van der Waals surface area contributed by atoms with Gasteiger partial charge in [-0.2, -0.15) is 19.0 Å². The van der Waals surface area contributed by atoms with Gasteiger partial charge in [-0.25, -0.2) is 14.6 Å². The van der Waals surface area contributed by atoms with Crippen molar-refractivity contribution in [3.63, 3.8) is 0 Å². The molecule has 4 aromatic heterocycles. The molecule has 0 saturated heterocycles. The van der Waals surface area contributed by atoms with Crippen molar-refractivity contribution in [3.8, 4) is 28.3 Å². The summed E-state index contributed by atoms with van der Waals surface area (Å²) >= 11 is 1.27. The molecule has 1 aromatic carbocycles. The molecular formula is C26H25F2N7O2S. The van der Waals surface area contributed by atoms with E-state index in [4.69, 9.17) is 4.98 Å². The number of pyridine rings is 1.